The second-order valence-electron chi connectivity index (χ2n) is 8.30. The van der Waals surface area contributed by atoms with Crippen LogP contribution in [0.15, 0.2) is 18.2 Å². The van der Waals surface area contributed by atoms with E-state index >= 15 is 0 Å². The van der Waals surface area contributed by atoms with E-state index in [0.717, 1.165) is 4.90 Å². The van der Waals surface area contributed by atoms with E-state index in [1.165, 1.54) is 17.0 Å². The van der Waals surface area contributed by atoms with Gasteiger partial charge in [0, 0.05) is 45.7 Å². The summed E-state index contributed by atoms with van der Waals surface area (Å²) in [7, 11) is 0. The number of alkyl halides is 3. The Morgan fingerprint density at radius 1 is 1.06 bits per heavy atom. The second kappa shape index (κ2) is 9.20. The number of hydrogen-bond donors (Lipinski definition) is 3. The molecular formula is C21H24F3N5O4. The van der Waals surface area contributed by atoms with Gasteiger partial charge in [-0.25, -0.2) is 0 Å². The highest BCUT2D eigenvalue weighted by Gasteiger charge is 2.45. The summed E-state index contributed by atoms with van der Waals surface area (Å²) < 4.78 is 40.6. The Hall–Kier alpha value is -2.83. The van der Waals surface area contributed by atoms with Gasteiger partial charge in [-0.15, -0.1) is 0 Å². The number of imide groups is 2. The highest BCUT2D eigenvalue weighted by molar-refractivity contribution is 6.23. The summed E-state index contributed by atoms with van der Waals surface area (Å²) in [6.07, 6.45) is -4.31. The Kier molecular flexibility index (Phi) is 6.50. The number of nitrogens with zero attached hydrogens (tertiary/aromatic N) is 2. The highest BCUT2D eigenvalue weighted by Crippen LogP contribution is 2.29. The number of carbonyl (C=O) groups is 4. The van der Waals surface area contributed by atoms with Crippen LogP contribution in [0.5, 0.6) is 0 Å². The van der Waals surface area contributed by atoms with E-state index in [2.05, 4.69) is 16.0 Å². The molecule has 0 aromatic heterocycles. The van der Waals surface area contributed by atoms with Crippen molar-refractivity contribution in [2.75, 3.05) is 32.7 Å². The number of amides is 4. The Labute approximate surface area is 187 Å². The fraction of sp³-hybridized carbons (Fsp3) is 0.524. The normalized spacial score (nSPS) is 23.0. The molecule has 0 aliphatic carbocycles. The van der Waals surface area contributed by atoms with Crippen molar-refractivity contribution in [3.8, 4) is 0 Å². The van der Waals surface area contributed by atoms with Gasteiger partial charge >= 0.3 is 6.18 Å². The lowest BCUT2D eigenvalue weighted by Crippen LogP contribution is -2.57. The molecule has 2 unspecified atom stereocenters. The summed E-state index contributed by atoms with van der Waals surface area (Å²) in [6, 6.07) is 1.78. The van der Waals surface area contributed by atoms with E-state index in [1.54, 1.807) is 6.07 Å². The van der Waals surface area contributed by atoms with Crippen molar-refractivity contribution >= 4 is 23.6 Å². The molecule has 0 radical (unpaired) electrons. The van der Waals surface area contributed by atoms with Gasteiger partial charge in [-0.05, 0) is 24.1 Å². The number of benzene rings is 1. The minimum Gasteiger partial charge on any atom is -0.314 e. The molecule has 3 N–H and O–H groups in total. The van der Waals surface area contributed by atoms with Crippen LogP contribution in [0.4, 0.5) is 13.2 Å². The third kappa shape index (κ3) is 4.77. The van der Waals surface area contributed by atoms with Gasteiger partial charge < -0.3 is 10.6 Å². The van der Waals surface area contributed by atoms with E-state index < -0.39 is 41.9 Å². The SMILES string of the molecule is O=C1CCC(N2C(=O)c3ccc(CNCC(N4CCNCC4)C(F)(F)F)cc3C2=O)C(=O)N1. The zero-order chi connectivity index (χ0) is 23.8. The molecule has 2 saturated heterocycles. The monoisotopic (exact) mass is 467 g/mol. The maximum atomic E-state index is 13.5. The molecule has 1 aromatic rings. The van der Waals surface area contributed by atoms with Crippen LogP contribution < -0.4 is 16.0 Å². The molecule has 3 heterocycles. The van der Waals surface area contributed by atoms with Crippen molar-refractivity contribution in [2.24, 2.45) is 0 Å². The molecule has 12 heteroatoms. The van der Waals surface area contributed by atoms with Gasteiger partial charge in [0.2, 0.25) is 11.8 Å². The predicted molar refractivity (Wildman–Crippen MR) is 109 cm³/mol. The fourth-order valence-corrected chi connectivity index (χ4v) is 4.43. The number of fused-ring (bicyclic) bond motifs is 1. The second-order valence-corrected chi connectivity index (χ2v) is 8.30. The first-order valence-corrected chi connectivity index (χ1v) is 10.7. The number of carbonyl (C=O) groups excluding carboxylic acids is 4. The fourth-order valence-electron chi connectivity index (χ4n) is 4.43. The van der Waals surface area contributed by atoms with E-state index in [0.29, 0.717) is 31.7 Å². The van der Waals surface area contributed by atoms with Crippen LogP contribution in [-0.2, 0) is 16.1 Å². The van der Waals surface area contributed by atoms with Gasteiger partial charge in [0.15, 0.2) is 0 Å². The summed E-state index contributed by atoms with van der Waals surface area (Å²) in [5, 5.41) is 7.98. The van der Waals surface area contributed by atoms with Crippen molar-refractivity contribution in [1.82, 2.24) is 25.8 Å². The lowest BCUT2D eigenvalue weighted by molar-refractivity contribution is -0.183. The molecule has 33 heavy (non-hydrogen) atoms. The van der Waals surface area contributed by atoms with E-state index in [4.69, 9.17) is 0 Å². The molecule has 178 valence electrons. The summed E-state index contributed by atoms with van der Waals surface area (Å²) in [4.78, 5) is 51.3. The molecule has 0 bridgehead atoms. The zero-order valence-corrected chi connectivity index (χ0v) is 17.7. The number of nitrogens with one attached hydrogen (secondary N) is 3. The molecule has 3 aliphatic heterocycles. The summed E-state index contributed by atoms with van der Waals surface area (Å²) in [5.74, 6) is -2.44. The van der Waals surface area contributed by atoms with Crippen LogP contribution in [0.3, 0.4) is 0 Å². The first kappa shape index (κ1) is 23.3. The highest BCUT2D eigenvalue weighted by atomic mass is 19.4. The third-order valence-electron chi connectivity index (χ3n) is 6.14. The Morgan fingerprint density at radius 3 is 2.42 bits per heavy atom. The quantitative estimate of drug-likeness (QED) is 0.506. The molecule has 3 aliphatic rings. The summed E-state index contributed by atoms with van der Waals surface area (Å²) in [5.41, 5.74) is 0.766. The molecule has 0 spiro atoms. The van der Waals surface area contributed by atoms with Crippen LogP contribution in [0, 0.1) is 0 Å². The van der Waals surface area contributed by atoms with Gasteiger partial charge in [-0.2, -0.15) is 13.2 Å². The van der Waals surface area contributed by atoms with Crippen molar-refractivity contribution < 1.29 is 32.3 Å². The van der Waals surface area contributed by atoms with Crippen LogP contribution in [0.2, 0.25) is 0 Å². The van der Waals surface area contributed by atoms with Crippen LogP contribution in [0.1, 0.15) is 39.1 Å². The lowest BCUT2D eigenvalue weighted by atomic mass is 10.0. The van der Waals surface area contributed by atoms with Crippen molar-refractivity contribution in [1.29, 1.82) is 0 Å². The number of rotatable bonds is 6. The average Bonchev–Trinajstić information content (AvgIpc) is 3.01. The first-order valence-electron chi connectivity index (χ1n) is 10.7. The maximum Gasteiger partial charge on any atom is 0.405 e. The Morgan fingerprint density at radius 2 is 1.76 bits per heavy atom. The van der Waals surface area contributed by atoms with E-state index in [1.807, 2.05) is 0 Å². The molecule has 0 saturated carbocycles. The van der Waals surface area contributed by atoms with Gasteiger partial charge in [-0.1, -0.05) is 6.07 Å². The topological polar surface area (TPSA) is 111 Å². The average molecular weight is 467 g/mol. The van der Waals surface area contributed by atoms with Crippen molar-refractivity contribution in [2.45, 2.75) is 37.6 Å². The predicted octanol–water partition coefficient (Wildman–Crippen LogP) is 0.0135. The summed E-state index contributed by atoms with van der Waals surface area (Å²) >= 11 is 0. The number of halogens is 3. The maximum absolute atomic E-state index is 13.5. The number of hydrogen-bond acceptors (Lipinski definition) is 7. The lowest BCUT2D eigenvalue weighted by Gasteiger charge is -2.36. The standard InChI is InChI=1S/C21H24F3N5O4/c22-21(23,24)16(28-7-5-25-6-8-28)11-26-10-12-1-2-13-14(9-12)20(33)29(19(13)32)15-3-4-17(30)27-18(15)31/h1-2,9,15-16,25-26H,3-8,10-11H2,(H,27,30,31). The number of piperidine rings is 1. The van der Waals surface area contributed by atoms with Crippen LogP contribution in [0.25, 0.3) is 0 Å². The van der Waals surface area contributed by atoms with Gasteiger partial charge in [-0.3, -0.25) is 34.3 Å². The Bertz CT molecular complexity index is 977. The largest absolute Gasteiger partial charge is 0.405 e. The minimum absolute atomic E-state index is 0.0203. The molecule has 2 atom stereocenters. The first-order chi connectivity index (χ1) is 15.7. The van der Waals surface area contributed by atoms with Gasteiger partial charge in [0.25, 0.3) is 11.8 Å². The molecule has 4 rings (SSSR count). The molecule has 2 fully saturated rings. The van der Waals surface area contributed by atoms with Crippen molar-refractivity contribution in [3.63, 3.8) is 0 Å². The van der Waals surface area contributed by atoms with Crippen LogP contribution >= 0.6 is 0 Å². The van der Waals surface area contributed by atoms with Gasteiger partial charge in [0.05, 0.1) is 11.1 Å². The Balaban J connectivity index is 1.42. The van der Waals surface area contributed by atoms with Crippen molar-refractivity contribution in [3.05, 3.63) is 34.9 Å². The molecular weight excluding hydrogens is 443 g/mol. The molecule has 4 amide bonds. The molecule has 1 aromatic carbocycles. The van der Waals surface area contributed by atoms with Gasteiger partial charge in [0.1, 0.15) is 12.1 Å². The minimum atomic E-state index is -4.38. The molecule has 9 nitrogen and oxygen atoms in total. The summed E-state index contributed by atoms with van der Waals surface area (Å²) in [6.45, 7) is 1.37. The zero-order valence-electron chi connectivity index (χ0n) is 17.7. The smallest absolute Gasteiger partial charge is 0.314 e. The third-order valence-corrected chi connectivity index (χ3v) is 6.14. The van der Waals surface area contributed by atoms with E-state index in [9.17, 15) is 32.3 Å². The number of piperazine rings is 1. The van der Waals surface area contributed by atoms with Crippen LogP contribution in [-0.4, -0.2) is 84.4 Å². The van der Waals surface area contributed by atoms with E-state index in [-0.39, 0.29) is 37.1 Å².